The van der Waals surface area contributed by atoms with Crippen LogP contribution in [0.3, 0.4) is 0 Å². The number of carbonyl (C=O) groups excluding carboxylic acids is 1. The van der Waals surface area contributed by atoms with E-state index in [1.165, 1.54) is 0 Å². The number of ether oxygens (including phenoxy) is 2. The summed E-state index contributed by atoms with van der Waals surface area (Å²) in [4.78, 5) is 14.0. The molecule has 0 spiro atoms. The van der Waals surface area contributed by atoms with Crippen molar-refractivity contribution in [1.82, 2.24) is 15.1 Å². The van der Waals surface area contributed by atoms with Crippen molar-refractivity contribution in [2.45, 2.75) is 52.6 Å². The van der Waals surface area contributed by atoms with E-state index in [0.29, 0.717) is 18.4 Å². The van der Waals surface area contributed by atoms with Gasteiger partial charge in [0.25, 0.3) is 0 Å². The molecule has 1 saturated heterocycles. The van der Waals surface area contributed by atoms with Gasteiger partial charge in [0.1, 0.15) is 5.60 Å². The Morgan fingerprint density at radius 1 is 1.35 bits per heavy atom. The van der Waals surface area contributed by atoms with Gasteiger partial charge in [0.05, 0.1) is 12.3 Å². The van der Waals surface area contributed by atoms with Crippen LogP contribution in [0.5, 0.6) is 5.88 Å². The fourth-order valence-electron chi connectivity index (χ4n) is 2.59. The van der Waals surface area contributed by atoms with Crippen LogP contribution in [0, 0.1) is 12.8 Å². The van der Waals surface area contributed by atoms with Crippen LogP contribution in [-0.4, -0.2) is 46.5 Å². The number of hydrogen-bond donors (Lipinski definition) is 0. The molecular weight excluding hydrogens is 294 g/mol. The van der Waals surface area contributed by atoms with Crippen molar-refractivity contribution in [2.24, 2.45) is 5.92 Å². The lowest BCUT2D eigenvalue weighted by Gasteiger charge is -2.34. The minimum Gasteiger partial charge on any atom is -0.477 e. The molecule has 1 amide bonds. The molecule has 128 valence electrons. The summed E-state index contributed by atoms with van der Waals surface area (Å²) in [6.45, 7) is 9.66. The number of amides is 1. The Hall–Kier alpha value is -1.85. The number of hydrogen-bond acceptors (Lipinski definition) is 5. The molecule has 2 rings (SSSR count). The second kappa shape index (κ2) is 7.62. The summed E-state index contributed by atoms with van der Waals surface area (Å²) in [6, 6.07) is 3.71. The summed E-state index contributed by atoms with van der Waals surface area (Å²) in [5.41, 5.74) is 0.426. The van der Waals surface area contributed by atoms with Crippen LogP contribution >= 0.6 is 0 Å². The molecule has 1 aliphatic rings. The van der Waals surface area contributed by atoms with Crippen molar-refractivity contribution in [1.29, 1.82) is 0 Å². The minimum atomic E-state index is -0.447. The molecule has 1 aliphatic heterocycles. The predicted octanol–water partition coefficient (Wildman–Crippen LogP) is 3.20. The zero-order valence-electron chi connectivity index (χ0n) is 14.5. The third-order valence-corrected chi connectivity index (χ3v) is 3.72. The van der Waals surface area contributed by atoms with Crippen molar-refractivity contribution in [3.05, 3.63) is 17.8 Å². The summed E-state index contributed by atoms with van der Waals surface area (Å²) in [6.07, 6.45) is 2.80. The predicted molar refractivity (Wildman–Crippen MR) is 87.4 cm³/mol. The third kappa shape index (κ3) is 6.04. The molecule has 1 aromatic rings. The van der Waals surface area contributed by atoms with E-state index in [0.717, 1.165) is 38.0 Å². The van der Waals surface area contributed by atoms with E-state index in [1.807, 2.05) is 44.7 Å². The Kier molecular flexibility index (Phi) is 5.80. The van der Waals surface area contributed by atoms with Crippen LogP contribution < -0.4 is 4.74 Å². The number of rotatable bonds is 4. The van der Waals surface area contributed by atoms with E-state index in [1.54, 1.807) is 0 Å². The fraction of sp³-hybridized carbons (Fsp3) is 0.706. The Balaban J connectivity index is 1.75. The first-order valence-corrected chi connectivity index (χ1v) is 8.24. The molecule has 0 saturated carbocycles. The van der Waals surface area contributed by atoms with Gasteiger partial charge in [0, 0.05) is 19.2 Å². The normalized spacial score (nSPS) is 18.6. The van der Waals surface area contributed by atoms with Gasteiger partial charge in [-0.15, -0.1) is 5.10 Å². The molecule has 0 N–H and O–H groups in total. The molecule has 23 heavy (non-hydrogen) atoms. The highest BCUT2D eigenvalue weighted by Gasteiger charge is 2.27. The SMILES string of the molecule is Cc1ccc(OCCC2CCCN(C(=O)OC(C)(C)C)C2)nn1. The van der Waals surface area contributed by atoms with Crippen molar-refractivity contribution in [2.75, 3.05) is 19.7 Å². The van der Waals surface area contributed by atoms with Crippen molar-refractivity contribution in [3.8, 4) is 5.88 Å². The smallest absolute Gasteiger partial charge is 0.410 e. The van der Waals surface area contributed by atoms with E-state index >= 15 is 0 Å². The lowest BCUT2D eigenvalue weighted by atomic mass is 9.95. The lowest BCUT2D eigenvalue weighted by Crippen LogP contribution is -2.43. The zero-order chi connectivity index (χ0) is 16.9. The van der Waals surface area contributed by atoms with Gasteiger partial charge in [-0.25, -0.2) is 4.79 Å². The summed E-state index contributed by atoms with van der Waals surface area (Å²) in [5, 5.41) is 7.96. The highest BCUT2D eigenvalue weighted by atomic mass is 16.6. The molecule has 2 heterocycles. The number of aromatic nitrogens is 2. The molecule has 1 aromatic heterocycles. The average Bonchev–Trinajstić information content (AvgIpc) is 2.48. The van der Waals surface area contributed by atoms with Crippen molar-refractivity contribution >= 4 is 6.09 Å². The van der Waals surface area contributed by atoms with Gasteiger partial charge in [0.2, 0.25) is 5.88 Å². The molecule has 1 atom stereocenters. The minimum absolute atomic E-state index is 0.215. The van der Waals surface area contributed by atoms with Crippen molar-refractivity contribution in [3.63, 3.8) is 0 Å². The molecule has 1 unspecified atom stereocenters. The molecule has 0 radical (unpaired) electrons. The average molecular weight is 321 g/mol. The molecule has 6 nitrogen and oxygen atoms in total. The first-order chi connectivity index (χ1) is 10.8. The fourth-order valence-corrected chi connectivity index (χ4v) is 2.59. The quantitative estimate of drug-likeness (QED) is 0.852. The molecule has 0 aromatic carbocycles. The first kappa shape index (κ1) is 17.5. The van der Waals surface area contributed by atoms with Crippen LogP contribution in [0.15, 0.2) is 12.1 Å². The number of likely N-dealkylation sites (tertiary alicyclic amines) is 1. The molecule has 0 aliphatic carbocycles. The number of carbonyl (C=O) groups is 1. The summed E-state index contributed by atoms with van der Waals surface area (Å²) < 4.78 is 11.1. The van der Waals surface area contributed by atoms with Crippen LogP contribution in [0.2, 0.25) is 0 Å². The maximum absolute atomic E-state index is 12.1. The van der Waals surface area contributed by atoms with Gasteiger partial charge in [-0.1, -0.05) is 0 Å². The molecular formula is C17H27N3O3. The Morgan fingerprint density at radius 3 is 2.78 bits per heavy atom. The monoisotopic (exact) mass is 321 g/mol. The molecule has 0 bridgehead atoms. The van der Waals surface area contributed by atoms with Gasteiger partial charge in [0.15, 0.2) is 0 Å². The van der Waals surface area contributed by atoms with E-state index in [4.69, 9.17) is 9.47 Å². The summed E-state index contributed by atoms with van der Waals surface area (Å²) >= 11 is 0. The van der Waals surface area contributed by atoms with Gasteiger partial charge in [-0.05, 0) is 58.9 Å². The van der Waals surface area contributed by atoms with Gasteiger partial charge >= 0.3 is 6.09 Å². The zero-order valence-corrected chi connectivity index (χ0v) is 14.5. The second-order valence-corrected chi connectivity index (χ2v) is 7.08. The topological polar surface area (TPSA) is 64.5 Å². The number of aryl methyl sites for hydroxylation is 1. The number of nitrogens with zero attached hydrogens (tertiary/aromatic N) is 3. The lowest BCUT2D eigenvalue weighted by molar-refractivity contribution is 0.0154. The largest absolute Gasteiger partial charge is 0.477 e. The highest BCUT2D eigenvalue weighted by molar-refractivity contribution is 5.68. The molecule has 1 fully saturated rings. The van der Waals surface area contributed by atoms with Crippen molar-refractivity contribution < 1.29 is 14.3 Å². The number of piperidine rings is 1. The van der Waals surface area contributed by atoms with E-state index in [9.17, 15) is 4.79 Å². The summed E-state index contributed by atoms with van der Waals surface area (Å²) in [5.74, 6) is 0.991. The first-order valence-electron chi connectivity index (χ1n) is 8.24. The highest BCUT2D eigenvalue weighted by Crippen LogP contribution is 2.22. The van der Waals surface area contributed by atoms with E-state index in [-0.39, 0.29) is 6.09 Å². The van der Waals surface area contributed by atoms with Crippen LogP contribution in [0.4, 0.5) is 4.79 Å². The Bertz CT molecular complexity index is 511. The summed E-state index contributed by atoms with van der Waals surface area (Å²) in [7, 11) is 0. The van der Waals surface area contributed by atoms with Gasteiger partial charge < -0.3 is 14.4 Å². The Morgan fingerprint density at radius 2 is 2.13 bits per heavy atom. The van der Waals surface area contributed by atoms with Crippen LogP contribution in [-0.2, 0) is 4.74 Å². The van der Waals surface area contributed by atoms with E-state index < -0.39 is 5.60 Å². The standard InChI is InChI=1S/C17H27N3O3/c1-13-7-8-15(19-18-13)22-11-9-14-6-5-10-20(12-14)16(21)23-17(2,3)4/h7-8,14H,5-6,9-12H2,1-4H3. The Labute approximate surface area is 138 Å². The third-order valence-electron chi connectivity index (χ3n) is 3.72. The van der Waals surface area contributed by atoms with Crippen LogP contribution in [0.1, 0.15) is 45.7 Å². The maximum Gasteiger partial charge on any atom is 0.410 e. The molecule has 6 heteroatoms. The van der Waals surface area contributed by atoms with Gasteiger partial charge in [-0.2, -0.15) is 5.10 Å². The van der Waals surface area contributed by atoms with Gasteiger partial charge in [-0.3, -0.25) is 0 Å². The maximum atomic E-state index is 12.1. The second-order valence-electron chi connectivity index (χ2n) is 7.08. The van der Waals surface area contributed by atoms with Crippen LogP contribution in [0.25, 0.3) is 0 Å². The van der Waals surface area contributed by atoms with E-state index in [2.05, 4.69) is 10.2 Å².